The molecule has 0 aliphatic carbocycles. The number of para-hydroxylation sites is 1. The Balaban J connectivity index is 1.12. The Morgan fingerprint density at radius 2 is 1.79 bits per heavy atom. The first kappa shape index (κ1) is 22.6. The zero-order chi connectivity index (χ0) is 23.3. The van der Waals surface area contributed by atoms with Crippen LogP contribution in [0, 0.1) is 0 Å². The Hall–Kier alpha value is -3.15. The van der Waals surface area contributed by atoms with Crippen molar-refractivity contribution in [3.63, 3.8) is 0 Å². The normalized spacial score (nSPS) is 19.4. The first-order valence-corrected chi connectivity index (χ1v) is 12.1. The van der Waals surface area contributed by atoms with Gasteiger partial charge in [0, 0.05) is 24.1 Å². The fourth-order valence-electron chi connectivity index (χ4n) is 4.95. The summed E-state index contributed by atoms with van der Waals surface area (Å²) in [6.07, 6.45) is 4.06. The van der Waals surface area contributed by atoms with E-state index in [4.69, 9.17) is 9.47 Å². The van der Waals surface area contributed by atoms with Crippen LogP contribution in [-0.2, 0) is 9.53 Å². The van der Waals surface area contributed by atoms with E-state index in [0.29, 0.717) is 36.8 Å². The van der Waals surface area contributed by atoms with Gasteiger partial charge in [-0.05, 0) is 60.3 Å². The quantitative estimate of drug-likeness (QED) is 0.408. The number of aliphatic hydroxyl groups is 1. The molecule has 0 spiro atoms. The second kappa shape index (κ2) is 10.4. The van der Waals surface area contributed by atoms with E-state index in [1.807, 2.05) is 30.3 Å². The van der Waals surface area contributed by atoms with Crippen molar-refractivity contribution in [3.8, 4) is 5.75 Å². The second-order valence-electron chi connectivity index (χ2n) is 9.24. The van der Waals surface area contributed by atoms with Crippen molar-refractivity contribution in [2.75, 3.05) is 32.8 Å². The van der Waals surface area contributed by atoms with Gasteiger partial charge in [-0.15, -0.1) is 0 Å². The van der Waals surface area contributed by atoms with Gasteiger partial charge >= 0.3 is 5.97 Å². The zero-order valence-corrected chi connectivity index (χ0v) is 19.4. The highest BCUT2D eigenvalue weighted by Crippen LogP contribution is 2.30. The molecule has 2 saturated heterocycles. The molecule has 34 heavy (non-hydrogen) atoms. The Morgan fingerprint density at radius 3 is 2.59 bits per heavy atom. The monoisotopic (exact) mass is 457 g/mol. The van der Waals surface area contributed by atoms with Crippen LogP contribution in [-0.4, -0.2) is 54.9 Å². The van der Waals surface area contributed by atoms with E-state index in [9.17, 15) is 9.90 Å². The summed E-state index contributed by atoms with van der Waals surface area (Å²) in [5, 5.41) is 13.2. The molecule has 5 nitrogen and oxygen atoms in total. The maximum absolute atomic E-state index is 11.8. The van der Waals surface area contributed by atoms with Crippen LogP contribution in [0.2, 0.25) is 0 Å². The molecule has 1 atom stereocenters. The molecular formula is C29H31NO4. The number of cyclic esters (lactones) is 1. The van der Waals surface area contributed by atoms with Gasteiger partial charge in [-0.25, -0.2) is 4.79 Å². The lowest BCUT2D eigenvalue weighted by molar-refractivity contribution is -0.134. The largest absolute Gasteiger partial charge is 0.490 e. The molecule has 2 fully saturated rings. The molecule has 0 saturated carbocycles. The lowest BCUT2D eigenvalue weighted by Crippen LogP contribution is -2.40. The SMILES string of the molecule is O=C1OCC/C1=C/c1ccccc1OC[C@@H](O)CN1CCC(c2ccc3ccccc3c2)CC1. The topological polar surface area (TPSA) is 59.0 Å². The molecule has 0 bridgehead atoms. The summed E-state index contributed by atoms with van der Waals surface area (Å²) in [7, 11) is 0. The maximum Gasteiger partial charge on any atom is 0.334 e. The van der Waals surface area contributed by atoms with Crippen LogP contribution in [0.15, 0.2) is 72.3 Å². The van der Waals surface area contributed by atoms with Crippen molar-refractivity contribution >= 4 is 22.8 Å². The van der Waals surface area contributed by atoms with Crippen LogP contribution in [0.1, 0.15) is 36.3 Å². The van der Waals surface area contributed by atoms with Crippen molar-refractivity contribution in [3.05, 3.63) is 83.4 Å². The van der Waals surface area contributed by atoms with Crippen LogP contribution in [0.3, 0.4) is 0 Å². The Labute approximate surface area is 200 Å². The molecule has 0 unspecified atom stereocenters. The predicted molar refractivity (Wildman–Crippen MR) is 134 cm³/mol. The highest BCUT2D eigenvalue weighted by atomic mass is 16.5. The summed E-state index contributed by atoms with van der Waals surface area (Å²) in [6.45, 7) is 3.19. The van der Waals surface area contributed by atoms with Gasteiger partial charge in [0.15, 0.2) is 0 Å². The summed E-state index contributed by atoms with van der Waals surface area (Å²) in [5.74, 6) is 0.974. The summed E-state index contributed by atoms with van der Waals surface area (Å²) in [4.78, 5) is 14.1. The minimum absolute atomic E-state index is 0.217. The van der Waals surface area contributed by atoms with Gasteiger partial charge < -0.3 is 19.5 Å². The number of fused-ring (bicyclic) bond motifs is 1. The van der Waals surface area contributed by atoms with E-state index >= 15 is 0 Å². The highest BCUT2D eigenvalue weighted by molar-refractivity contribution is 5.95. The average Bonchev–Trinajstić information content (AvgIpc) is 3.28. The first-order valence-electron chi connectivity index (χ1n) is 12.1. The minimum Gasteiger partial charge on any atom is -0.490 e. The fraction of sp³-hybridized carbons (Fsp3) is 0.345. The van der Waals surface area contributed by atoms with Crippen molar-refractivity contribution in [2.45, 2.75) is 31.3 Å². The highest BCUT2D eigenvalue weighted by Gasteiger charge is 2.23. The van der Waals surface area contributed by atoms with Crippen LogP contribution >= 0.6 is 0 Å². The predicted octanol–water partition coefficient (Wildman–Crippen LogP) is 4.79. The van der Waals surface area contributed by atoms with Gasteiger partial charge in [-0.2, -0.15) is 0 Å². The number of benzene rings is 3. The lowest BCUT2D eigenvalue weighted by atomic mass is 9.88. The van der Waals surface area contributed by atoms with E-state index in [-0.39, 0.29) is 12.6 Å². The summed E-state index contributed by atoms with van der Waals surface area (Å²) in [5.41, 5.74) is 2.91. The number of nitrogens with zero attached hydrogens (tertiary/aromatic N) is 1. The molecule has 2 heterocycles. The molecule has 2 aliphatic rings. The van der Waals surface area contributed by atoms with Crippen LogP contribution < -0.4 is 4.74 Å². The minimum atomic E-state index is -0.575. The standard InChI is InChI=1S/C29H31NO4/c31-27(20-34-28-8-4-3-7-25(28)18-26-13-16-33-29(26)32)19-30-14-11-22(12-15-30)24-10-9-21-5-1-2-6-23(21)17-24/h1-10,17-18,22,27,31H,11-16,19-20H2/b26-18-/t27-/m0/s1. The summed E-state index contributed by atoms with van der Waals surface area (Å²) < 4.78 is 11.0. The van der Waals surface area contributed by atoms with Crippen LogP contribution in [0.25, 0.3) is 16.8 Å². The molecule has 1 N–H and O–H groups in total. The van der Waals surface area contributed by atoms with Crippen molar-refractivity contribution < 1.29 is 19.4 Å². The molecule has 5 heteroatoms. The van der Waals surface area contributed by atoms with Crippen molar-refractivity contribution in [2.24, 2.45) is 0 Å². The summed E-state index contributed by atoms with van der Waals surface area (Å²) >= 11 is 0. The van der Waals surface area contributed by atoms with E-state index in [1.54, 1.807) is 0 Å². The Kier molecular flexibility index (Phi) is 6.93. The molecule has 3 aromatic rings. The number of hydrogen-bond acceptors (Lipinski definition) is 5. The summed E-state index contributed by atoms with van der Waals surface area (Å²) in [6, 6.07) is 22.9. The average molecular weight is 458 g/mol. The number of aliphatic hydroxyl groups excluding tert-OH is 1. The third-order valence-corrected chi connectivity index (χ3v) is 6.85. The van der Waals surface area contributed by atoms with Crippen LogP contribution in [0.4, 0.5) is 0 Å². The maximum atomic E-state index is 11.8. The number of hydrogen-bond donors (Lipinski definition) is 1. The molecule has 0 radical (unpaired) electrons. The molecule has 0 amide bonds. The second-order valence-corrected chi connectivity index (χ2v) is 9.24. The first-order chi connectivity index (χ1) is 16.7. The van der Waals surface area contributed by atoms with Gasteiger partial charge in [-0.3, -0.25) is 0 Å². The Morgan fingerprint density at radius 1 is 1.03 bits per heavy atom. The van der Waals surface area contributed by atoms with Gasteiger partial charge in [0.1, 0.15) is 18.5 Å². The molecular weight excluding hydrogens is 426 g/mol. The molecule has 3 aromatic carbocycles. The number of carbonyl (C=O) groups is 1. The van der Waals surface area contributed by atoms with Gasteiger partial charge in [-0.1, -0.05) is 60.7 Å². The molecule has 0 aromatic heterocycles. The molecule has 2 aliphatic heterocycles. The van der Waals surface area contributed by atoms with Gasteiger partial charge in [0.2, 0.25) is 0 Å². The van der Waals surface area contributed by atoms with E-state index in [0.717, 1.165) is 31.5 Å². The van der Waals surface area contributed by atoms with Crippen molar-refractivity contribution in [1.82, 2.24) is 4.90 Å². The van der Waals surface area contributed by atoms with Gasteiger partial charge in [0.05, 0.1) is 6.61 Å². The zero-order valence-electron chi connectivity index (χ0n) is 19.4. The number of carbonyl (C=O) groups excluding carboxylic acids is 1. The Bertz CT molecular complexity index is 1180. The third kappa shape index (κ3) is 5.32. The third-order valence-electron chi connectivity index (χ3n) is 6.85. The molecule has 176 valence electrons. The number of β-amino-alcohol motifs (C(OH)–C–C–N with tert-alkyl or cyclic N) is 1. The van der Waals surface area contributed by atoms with Gasteiger partial charge in [0.25, 0.3) is 0 Å². The van der Waals surface area contributed by atoms with E-state index in [2.05, 4.69) is 47.4 Å². The van der Waals surface area contributed by atoms with E-state index in [1.165, 1.54) is 16.3 Å². The van der Waals surface area contributed by atoms with Crippen LogP contribution in [0.5, 0.6) is 5.75 Å². The number of piperidine rings is 1. The fourth-order valence-corrected chi connectivity index (χ4v) is 4.95. The number of likely N-dealkylation sites (tertiary alicyclic amines) is 1. The smallest absolute Gasteiger partial charge is 0.334 e. The van der Waals surface area contributed by atoms with E-state index < -0.39 is 6.10 Å². The number of esters is 1. The van der Waals surface area contributed by atoms with Crippen molar-refractivity contribution in [1.29, 1.82) is 0 Å². The number of ether oxygens (including phenoxy) is 2. The molecule has 5 rings (SSSR count). The number of rotatable bonds is 7. The lowest BCUT2D eigenvalue weighted by Gasteiger charge is -2.33.